The second-order valence-electron chi connectivity index (χ2n) is 3.38. The van der Waals surface area contributed by atoms with Crippen LogP contribution in [0.5, 0.6) is 0 Å². The zero-order valence-corrected chi connectivity index (χ0v) is 9.17. The number of amides is 1. The third kappa shape index (κ3) is 2.34. The molecule has 17 heavy (non-hydrogen) atoms. The number of ether oxygens (including phenoxy) is 1. The molecule has 0 aliphatic carbocycles. The van der Waals surface area contributed by atoms with Crippen LogP contribution in [0.15, 0.2) is 22.8 Å². The second kappa shape index (κ2) is 4.79. The van der Waals surface area contributed by atoms with Crippen LogP contribution in [0.4, 0.5) is 0 Å². The molecule has 7 heteroatoms. The number of hydrogen-bond donors (Lipinski definition) is 1. The molecular formula is C10H11N3O4. The molecule has 7 nitrogen and oxygen atoms in total. The predicted molar refractivity (Wildman–Crippen MR) is 57.2 cm³/mol. The van der Waals surface area contributed by atoms with Gasteiger partial charge >= 0.3 is 0 Å². The molecule has 0 spiro atoms. The number of carbonyl (C=O) groups is 1. The second-order valence-corrected chi connectivity index (χ2v) is 3.38. The lowest BCUT2D eigenvalue weighted by Gasteiger charge is -2.03. The van der Waals surface area contributed by atoms with Gasteiger partial charge in [0.15, 0.2) is 0 Å². The van der Waals surface area contributed by atoms with Gasteiger partial charge in [-0.25, -0.2) is 0 Å². The number of methoxy groups -OCH3 is 1. The molecule has 0 saturated heterocycles. The lowest BCUT2D eigenvalue weighted by atomic mass is 10.2. The van der Waals surface area contributed by atoms with E-state index in [9.17, 15) is 10.0 Å². The van der Waals surface area contributed by atoms with E-state index in [-0.39, 0.29) is 5.91 Å². The quantitative estimate of drug-likeness (QED) is 0.589. The molecule has 0 radical (unpaired) electrons. The van der Waals surface area contributed by atoms with Crippen LogP contribution in [-0.2, 0) is 4.74 Å². The van der Waals surface area contributed by atoms with E-state index in [1.54, 1.807) is 7.11 Å². The minimum atomic E-state index is -0.246. The number of aromatic nitrogens is 2. The van der Waals surface area contributed by atoms with Crippen molar-refractivity contribution in [1.29, 1.82) is 0 Å². The van der Waals surface area contributed by atoms with Gasteiger partial charge in [0.25, 0.3) is 5.91 Å². The molecule has 90 valence electrons. The monoisotopic (exact) mass is 237 g/mol. The summed E-state index contributed by atoms with van der Waals surface area (Å²) < 4.78 is 9.22. The Morgan fingerprint density at radius 3 is 3.24 bits per heavy atom. The highest BCUT2D eigenvalue weighted by molar-refractivity contribution is 5.96. The molecule has 0 aliphatic heterocycles. The van der Waals surface area contributed by atoms with Gasteiger partial charge in [0.05, 0.1) is 6.61 Å². The van der Waals surface area contributed by atoms with Crippen LogP contribution in [-0.4, -0.2) is 31.3 Å². The average Bonchev–Trinajstić information content (AvgIpc) is 2.71. The van der Waals surface area contributed by atoms with Gasteiger partial charge in [-0.1, -0.05) is 0 Å². The zero-order valence-electron chi connectivity index (χ0n) is 9.17. The van der Waals surface area contributed by atoms with Crippen molar-refractivity contribution in [3.63, 3.8) is 0 Å². The van der Waals surface area contributed by atoms with Gasteiger partial charge < -0.3 is 15.3 Å². The van der Waals surface area contributed by atoms with E-state index < -0.39 is 0 Å². The van der Waals surface area contributed by atoms with E-state index >= 15 is 0 Å². The number of nitrogens with one attached hydrogen (secondary N) is 1. The lowest BCUT2D eigenvalue weighted by molar-refractivity contribution is -0.782. The van der Waals surface area contributed by atoms with Gasteiger partial charge in [0.2, 0.25) is 11.0 Å². The summed E-state index contributed by atoms with van der Waals surface area (Å²) in [4.78, 5) is 12.0. The van der Waals surface area contributed by atoms with E-state index in [4.69, 9.17) is 4.74 Å². The SMILES string of the molecule is COCCNC(=O)c1ccc2c(c1)no[n+]2[O-]. The molecule has 0 bridgehead atoms. The fourth-order valence-electron chi connectivity index (χ4n) is 1.39. The number of fused-ring (bicyclic) bond motifs is 1. The zero-order chi connectivity index (χ0) is 12.3. The summed E-state index contributed by atoms with van der Waals surface area (Å²) in [5.41, 5.74) is 1.06. The summed E-state index contributed by atoms with van der Waals surface area (Å²) in [5.74, 6) is -0.246. The van der Waals surface area contributed by atoms with Crippen LogP contribution >= 0.6 is 0 Å². The number of rotatable bonds is 4. The first-order valence-electron chi connectivity index (χ1n) is 4.99. The molecule has 2 rings (SSSR count). The van der Waals surface area contributed by atoms with E-state index in [0.29, 0.717) is 34.7 Å². The van der Waals surface area contributed by atoms with Gasteiger partial charge in [-0.2, -0.15) is 0 Å². The fourth-order valence-corrected chi connectivity index (χ4v) is 1.39. The maximum Gasteiger partial charge on any atom is 0.251 e. The van der Waals surface area contributed by atoms with Gasteiger partial charge in [0.1, 0.15) is 0 Å². The Morgan fingerprint density at radius 2 is 2.47 bits per heavy atom. The summed E-state index contributed by atoms with van der Waals surface area (Å²) in [6.07, 6.45) is 0. The fraction of sp³-hybridized carbons (Fsp3) is 0.300. The van der Waals surface area contributed by atoms with Crippen molar-refractivity contribution in [3.05, 3.63) is 29.0 Å². The van der Waals surface area contributed by atoms with Crippen molar-refractivity contribution < 1.29 is 19.1 Å². The first-order valence-corrected chi connectivity index (χ1v) is 4.99. The Bertz CT molecular complexity index is 537. The Morgan fingerprint density at radius 1 is 1.65 bits per heavy atom. The first-order chi connectivity index (χ1) is 8.22. The smallest absolute Gasteiger partial charge is 0.251 e. The third-order valence-electron chi connectivity index (χ3n) is 2.24. The summed E-state index contributed by atoms with van der Waals surface area (Å²) in [7, 11) is 1.56. The van der Waals surface area contributed by atoms with Crippen LogP contribution in [0.3, 0.4) is 0 Å². The topological polar surface area (TPSA) is 91.3 Å². The molecule has 2 aromatic rings. The molecule has 0 unspecified atom stereocenters. The van der Waals surface area contributed by atoms with Crippen molar-refractivity contribution in [2.45, 2.75) is 0 Å². The van der Waals surface area contributed by atoms with E-state index in [0.717, 1.165) is 0 Å². The predicted octanol–water partition coefficient (Wildman–Crippen LogP) is -0.163. The van der Waals surface area contributed by atoms with Crippen molar-refractivity contribution in [1.82, 2.24) is 10.5 Å². The highest BCUT2D eigenvalue weighted by atomic mass is 16.8. The van der Waals surface area contributed by atoms with Gasteiger partial charge in [-0.05, 0) is 17.0 Å². The number of carbonyl (C=O) groups excluding carboxylic acids is 1. The molecule has 0 atom stereocenters. The van der Waals surface area contributed by atoms with Gasteiger partial charge in [-0.15, -0.1) is 0 Å². The first kappa shape index (κ1) is 11.3. The molecule has 1 heterocycles. The minimum Gasteiger partial charge on any atom is -0.383 e. The highest BCUT2D eigenvalue weighted by Gasteiger charge is 2.12. The number of hydrogen-bond acceptors (Lipinski definition) is 5. The summed E-state index contributed by atoms with van der Waals surface area (Å²) in [5, 5.41) is 17.2. The van der Waals surface area contributed by atoms with Crippen LogP contribution in [0, 0.1) is 5.21 Å². The van der Waals surface area contributed by atoms with Crippen LogP contribution < -0.4 is 10.2 Å². The van der Waals surface area contributed by atoms with E-state index in [2.05, 4.69) is 15.1 Å². The molecule has 1 N–H and O–H groups in total. The molecule has 0 aliphatic rings. The van der Waals surface area contributed by atoms with Crippen LogP contribution in [0.1, 0.15) is 10.4 Å². The van der Waals surface area contributed by atoms with Crippen molar-refractivity contribution in [3.8, 4) is 0 Å². The molecule has 0 fully saturated rings. The van der Waals surface area contributed by atoms with Crippen molar-refractivity contribution in [2.24, 2.45) is 0 Å². The summed E-state index contributed by atoms with van der Waals surface area (Å²) >= 11 is 0. The number of nitrogens with zero attached hydrogens (tertiary/aromatic N) is 2. The molecule has 0 saturated carbocycles. The molecule has 1 aromatic carbocycles. The Balaban J connectivity index is 2.15. The third-order valence-corrected chi connectivity index (χ3v) is 2.24. The Labute approximate surface area is 96.5 Å². The molecule has 1 amide bonds. The normalized spacial score (nSPS) is 10.6. The highest BCUT2D eigenvalue weighted by Crippen LogP contribution is 2.10. The Kier molecular flexibility index (Phi) is 3.20. The summed E-state index contributed by atoms with van der Waals surface area (Å²) in [6, 6.07) is 4.52. The number of benzene rings is 1. The van der Waals surface area contributed by atoms with Crippen LogP contribution in [0.25, 0.3) is 11.0 Å². The molecular weight excluding hydrogens is 226 g/mol. The Hall–Kier alpha value is -2.15. The maximum absolute atomic E-state index is 11.7. The molecule has 1 aromatic heterocycles. The van der Waals surface area contributed by atoms with Crippen molar-refractivity contribution in [2.75, 3.05) is 20.3 Å². The average molecular weight is 237 g/mol. The summed E-state index contributed by atoms with van der Waals surface area (Å²) in [6.45, 7) is 0.867. The van der Waals surface area contributed by atoms with Crippen LogP contribution in [0.2, 0.25) is 0 Å². The minimum absolute atomic E-state index is 0.246. The van der Waals surface area contributed by atoms with E-state index in [1.807, 2.05) is 0 Å². The lowest BCUT2D eigenvalue weighted by Crippen LogP contribution is -2.27. The largest absolute Gasteiger partial charge is 0.383 e. The maximum atomic E-state index is 11.7. The standard InChI is InChI=1S/C10H11N3O4/c1-16-5-4-11-10(14)7-2-3-9-8(6-7)12-17-13(9)15/h2-3,6H,4-5H2,1H3,(H,11,14). The van der Waals surface area contributed by atoms with Gasteiger partial charge in [0, 0.05) is 30.4 Å². The van der Waals surface area contributed by atoms with Crippen molar-refractivity contribution >= 4 is 16.9 Å². The van der Waals surface area contributed by atoms with E-state index in [1.165, 1.54) is 18.2 Å². The van der Waals surface area contributed by atoms with Gasteiger partial charge in [-0.3, -0.25) is 9.42 Å².